The highest BCUT2D eigenvalue weighted by Crippen LogP contribution is 2.17. The monoisotopic (exact) mass is 248 g/mol. The van der Waals surface area contributed by atoms with Crippen molar-refractivity contribution in [3.8, 4) is 0 Å². The Morgan fingerprint density at radius 1 is 1.39 bits per heavy atom. The van der Waals surface area contributed by atoms with E-state index in [1.807, 2.05) is 0 Å². The number of benzene rings is 1. The van der Waals surface area contributed by atoms with Crippen molar-refractivity contribution >= 4 is 17.6 Å². The second-order valence-corrected chi connectivity index (χ2v) is 4.37. The molecule has 96 valence electrons. The van der Waals surface area contributed by atoms with E-state index in [1.54, 1.807) is 24.3 Å². The molecule has 0 radical (unpaired) electrons. The minimum absolute atomic E-state index is 0.0887. The van der Waals surface area contributed by atoms with Gasteiger partial charge in [-0.25, -0.2) is 0 Å². The maximum Gasteiger partial charge on any atom is 0.307 e. The molecule has 0 unspecified atom stereocenters. The van der Waals surface area contributed by atoms with Gasteiger partial charge in [-0.05, 0) is 31.0 Å². The largest absolute Gasteiger partial charge is 0.481 e. The maximum absolute atomic E-state index is 11.9. The third-order valence-electron chi connectivity index (χ3n) is 2.99. The van der Waals surface area contributed by atoms with Gasteiger partial charge in [0.05, 0.1) is 12.5 Å². The summed E-state index contributed by atoms with van der Waals surface area (Å²) in [6.45, 7) is 0.856. The van der Waals surface area contributed by atoms with Crippen molar-refractivity contribution in [2.24, 2.45) is 0 Å². The lowest BCUT2D eigenvalue weighted by molar-refractivity contribution is -0.136. The van der Waals surface area contributed by atoms with E-state index >= 15 is 0 Å². The topological polar surface area (TPSA) is 78.4 Å². The van der Waals surface area contributed by atoms with Crippen molar-refractivity contribution in [2.45, 2.75) is 25.3 Å². The minimum Gasteiger partial charge on any atom is -0.481 e. The number of carbonyl (C=O) groups excluding carboxylic acids is 1. The van der Waals surface area contributed by atoms with Crippen LogP contribution in [0.25, 0.3) is 0 Å². The van der Waals surface area contributed by atoms with Gasteiger partial charge >= 0.3 is 5.97 Å². The molecule has 5 heteroatoms. The zero-order chi connectivity index (χ0) is 13.0. The first kappa shape index (κ1) is 12.6. The summed E-state index contributed by atoms with van der Waals surface area (Å²) in [6.07, 6.45) is 1.73. The quantitative estimate of drug-likeness (QED) is 0.743. The third kappa shape index (κ3) is 3.07. The number of amides is 1. The molecule has 2 rings (SSSR count). The van der Waals surface area contributed by atoms with Gasteiger partial charge in [0, 0.05) is 5.69 Å². The van der Waals surface area contributed by atoms with Crippen LogP contribution in [-0.2, 0) is 16.0 Å². The Hall–Kier alpha value is -1.88. The van der Waals surface area contributed by atoms with Crippen molar-refractivity contribution in [1.82, 2.24) is 5.32 Å². The molecule has 1 fully saturated rings. The van der Waals surface area contributed by atoms with Crippen LogP contribution in [-0.4, -0.2) is 29.6 Å². The van der Waals surface area contributed by atoms with Gasteiger partial charge in [-0.3, -0.25) is 9.59 Å². The highest BCUT2D eigenvalue weighted by Gasteiger charge is 2.22. The Morgan fingerprint density at radius 3 is 2.83 bits per heavy atom. The Balaban J connectivity index is 2.07. The number of carboxylic acids is 1. The fourth-order valence-electron chi connectivity index (χ4n) is 2.09. The van der Waals surface area contributed by atoms with Gasteiger partial charge in [0.25, 0.3) is 0 Å². The van der Waals surface area contributed by atoms with E-state index in [4.69, 9.17) is 5.11 Å². The van der Waals surface area contributed by atoms with Gasteiger partial charge in [0.15, 0.2) is 0 Å². The molecule has 0 aliphatic carbocycles. The van der Waals surface area contributed by atoms with E-state index in [-0.39, 0.29) is 18.4 Å². The van der Waals surface area contributed by atoms with Crippen LogP contribution in [0, 0.1) is 0 Å². The maximum atomic E-state index is 11.9. The number of hydrogen-bond acceptors (Lipinski definition) is 3. The molecule has 0 bridgehead atoms. The first-order valence-electron chi connectivity index (χ1n) is 6.01. The number of carboxylic acid groups (broad SMARTS) is 1. The van der Waals surface area contributed by atoms with Crippen LogP contribution in [0.3, 0.4) is 0 Å². The second-order valence-electron chi connectivity index (χ2n) is 4.37. The number of rotatable bonds is 4. The Morgan fingerprint density at radius 2 is 2.17 bits per heavy atom. The van der Waals surface area contributed by atoms with Crippen LogP contribution in [0.5, 0.6) is 0 Å². The molecule has 1 saturated heterocycles. The Bertz CT molecular complexity index is 453. The molecular weight excluding hydrogens is 232 g/mol. The van der Waals surface area contributed by atoms with Crippen molar-refractivity contribution in [3.05, 3.63) is 29.8 Å². The van der Waals surface area contributed by atoms with E-state index in [9.17, 15) is 9.59 Å². The predicted molar refractivity (Wildman–Crippen MR) is 67.4 cm³/mol. The average Bonchev–Trinajstić information content (AvgIpc) is 2.84. The van der Waals surface area contributed by atoms with E-state index in [0.29, 0.717) is 11.3 Å². The Labute approximate surface area is 105 Å². The van der Waals surface area contributed by atoms with Crippen molar-refractivity contribution in [2.75, 3.05) is 11.9 Å². The van der Waals surface area contributed by atoms with Crippen molar-refractivity contribution in [1.29, 1.82) is 0 Å². The molecule has 0 spiro atoms. The summed E-state index contributed by atoms with van der Waals surface area (Å²) in [4.78, 5) is 22.7. The number of hydrogen-bond donors (Lipinski definition) is 3. The fraction of sp³-hybridized carbons (Fsp3) is 0.385. The van der Waals surface area contributed by atoms with Crippen LogP contribution in [0.4, 0.5) is 5.69 Å². The lowest BCUT2D eigenvalue weighted by atomic mass is 10.1. The molecule has 3 N–H and O–H groups in total. The molecule has 0 saturated carbocycles. The summed E-state index contributed by atoms with van der Waals surface area (Å²) in [7, 11) is 0. The van der Waals surface area contributed by atoms with Gasteiger partial charge in [0.2, 0.25) is 5.91 Å². The normalized spacial score (nSPS) is 18.6. The van der Waals surface area contributed by atoms with E-state index in [1.165, 1.54) is 0 Å². The molecule has 1 atom stereocenters. The Kier molecular flexibility index (Phi) is 3.94. The smallest absolute Gasteiger partial charge is 0.307 e. The van der Waals surface area contributed by atoms with Gasteiger partial charge in [0.1, 0.15) is 0 Å². The number of nitrogens with one attached hydrogen (secondary N) is 2. The van der Waals surface area contributed by atoms with Crippen molar-refractivity contribution in [3.63, 3.8) is 0 Å². The minimum atomic E-state index is -0.907. The van der Waals surface area contributed by atoms with E-state index in [0.717, 1.165) is 19.4 Å². The molecule has 1 amide bonds. The van der Waals surface area contributed by atoms with Crippen LogP contribution >= 0.6 is 0 Å². The van der Waals surface area contributed by atoms with Gasteiger partial charge in [-0.15, -0.1) is 0 Å². The van der Waals surface area contributed by atoms with Crippen molar-refractivity contribution < 1.29 is 14.7 Å². The average molecular weight is 248 g/mol. The molecule has 18 heavy (non-hydrogen) atoms. The second kappa shape index (κ2) is 5.64. The highest BCUT2D eigenvalue weighted by atomic mass is 16.4. The standard InChI is InChI=1S/C13H16N2O3/c16-12(17)8-9-4-1-2-5-10(9)15-13(18)11-6-3-7-14-11/h1-2,4-5,11,14H,3,6-8H2,(H,15,18)(H,16,17)/t11-/m0/s1. The molecule has 0 aromatic heterocycles. The number of anilines is 1. The van der Waals surface area contributed by atoms with Gasteiger partial charge in [-0.2, -0.15) is 0 Å². The first-order chi connectivity index (χ1) is 8.66. The molecule has 1 aromatic carbocycles. The van der Waals surface area contributed by atoms with Gasteiger partial charge in [-0.1, -0.05) is 18.2 Å². The fourth-order valence-corrected chi connectivity index (χ4v) is 2.09. The summed E-state index contributed by atoms with van der Waals surface area (Å²) in [5.74, 6) is -0.999. The zero-order valence-electron chi connectivity index (χ0n) is 9.98. The molecule has 1 aliphatic heterocycles. The zero-order valence-corrected chi connectivity index (χ0v) is 9.98. The molecule has 1 aromatic rings. The summed E-state index contributed by atoms with van der Waals surface area (Å²) in [5, 5.41) is 14.7. The summed E-state index contributed by atoms with van der Waals surface area (Å²) in [5.41, 5.74) is 1.20. The van der Waals surface area contributed by atoms with Gasteiger partial charge < -0.3 is 15.7 Å². The molecule has 5 nitrogen and oxygen atoms in total. The number of para-hydroxylation sites is 1. The summed E-state index contributed by atoms with van der Waals surface area (Å²) < 4.78 is 0. The van der Waals surface area contributed by atoms with Crippen LogP contribution < -0.4 is 10.6 Å². The van der Waals surface area contributed by atoms with E-state index in [2.05, 4.69) is 10.6 Å². The summed E-state index contributed by atoms with van der Waals surface area (Å²) in [6, 6.07) is 6.82. The SMILES string of the molecule is O=C(O)Cc1ccccc1NC(=O)[C@@H]1CCCN1. The molecule has 1 aliphatic rings. The first-order valence-corrected chi connectivity index (χ1v) is 6.01. The lowest BCUT2D eigenvalue weighted by Crippen LogP contribution is -2.35. The van der Waals surface area contributed by atoms with Crippen LogP contribution in [0.1, 0.15) is 18.4 Å². The van der Waals surface area contributed by atoms with E-state index < -0.39 is 5.97 Å². The molecule has 1 heterocycles. The predicted octanol–water partition coefficient (Wildman–Crippen LogP) is 1.00. The number of carbonyl (C=O) groups is 2. The number of aliphatic carboxylic acids is 1. The van der Waals surface area contributed by atoms with Crippen LogP contribution in [0.2, 0.25) is 0 Å². The highest BCUT2D eigenvalue weighted by molar-refractivity contribution is 5.96. The summed E-state index contributed by atoms with van der Waals surface area (Å²) >= 11 is 0. The molecular formula is C13H16N2O3. The van der Waals surface area contributed by atoms with Crippen LogP contribution in [0.15, 0.2) is 24.3 Å². The third-order valence-corrected chi connectivity index (χ3v) is 2.99. The lowest BCUT2D eigenvalue weighted by Gasteiger charge is -2.13.